The summed E-state index contributed by atoms with van der Waals surface area (Å²) in [5.41, 5.74) is 2.03. The monoisotopic (exact) mass is 390 g/mol. The molecule has 0 bridgehead atoms. The molecule has 27 heavy (non-hydrogen) atoms. The maximum Gasteiger partial charge on any atom is 0.412 e. The van der Waals surface area contributed by atoms with Gasteiger partial charge < -0.3 is 10.1 Å². The summed E-state index contributed by atoms with van der Waals surface area (Å²) in [5, 5.41) is 10.0. The van der Waals surface area contributed by atoms with Crippen molar-refractivity contribution in [2.24, 2.45) is 7.05 Å². The lowest BCUT2D eigenvalue weighted by atomic mass is 10.2. The highest BCUT2D eigenvalue weighted by Crippen LogP contribution is 2.20. The Hall–Kier alpha value is -2.80. The number of carbonyl (C=O) groups excluding carboxylic acids is 2. The molecule has 2 rings (SSSR count). The van der Waals surface area contributed by atoms with Gasteiger partial charge in [0.2, 0.25) is 5.91 Å². The largest absolute Gasteiger partial charge is 0.444 e. The van der Waals surface area contributed by atoms with Crippen LogP contribution in [0.3, 0.4) is 0 Å². The Bertz CT molecular complexity index is 864. The van der Waals surface area contributed by atoms with Crippen LogP contribution >= 0.6 is 11.6 Å². The zero-order chi connectivity index (χ0) is 20.2. The van der Waals surface area contributed by atoms with E-state index in [9.17, 15) is 9.59 Å². The van der Waals surface area contributed by atoms with Crippen LogP contribution in [0, 0.1) is 6.92 Å². The van der Waals surface area contributed by atoms with Crippen molar-refractivity contribution in [1.29, 1.82) is 0 Å². The van der Waals surface area contributed by atoms with Crippen LogP contribution in [0.4, 0.5) is 16.2 Å². The molecule has 2 N–H and O–H groups in total. The fraction of sp³-hybridized carbons (Fsp3) is 0.316. The van der Waals surface area contributed by atoms with E-state index < -0.39 is 11.7 Å². The molecule has 2 amide bonds. The summed E-state index contributed by atoms with van der Waals surface area (Å²) in [6, 6.07) is 6.71. The van der Waals surface area contributed by atoms with Crippen LogP contribution in [-0.4, -0.2) is 27.4 Å². The van der Waals surface area contributed by atoms with E-state index in [1.165, 1.54) is 6.08 Å². The maximum atomic E-state index is 12.1. The summed E-state index contributed by atoms with van der Waals surface area (Å²) < 4.78 is 6.73. The predicted molar refractivity (Wildman–Crippen MR) is 107 cm³/mol. The number of hydrogen-bond acceptors (Lipinski definition) is 4. The third-order valence-corrected chi connectivity index (χ3v) is 3.84. The summed E-state index contributed by atoms with van der Waals surface area (Å²) >= 11 is 6.13. The van der Waals surface area contributed by atoms with Gasteiger partial charge in [0.15, 0.2) is 0 Å². The number of aryl methyl sites for hydroxylation is 2. The molecule has 1 heterocycles. The van der Waals surface area contributed by atoms with Crippen LogP contribution < -0.4 is 10.6 Å². The van der Waals surface area contributed by atoms with Gasteiger partial charge in [-0.1, -0.05) is 11.6 Å². The molecule has 0 unspecified atom stereocenters. The molecule has 0 spiro atoms. The van der Waals surface area contributed by atoms with Gasteiger partial charge in [-0.3, -0.25) is 14.8 Å². The number of hydrogen-bond donors (Lipinski definition) is 2. The van der Waals surface area contributed by atoms with Gasteiger partial charge in [-0.15, -0.1) is 0 Å². The molecule has 0 saturated carbocycles. The number of amides is 2. The molecular weight excluding hydrogens is 368 g/mol. The van der Waals surface area contributed by atoms with Crippen molar-refractivity contribution in [1.82, 2.24) is 9.78 Å². The first-order chi connectivity index (χ1) is 12.5. The van der Waals surface area contributed by atoms with Gasteiger partial charge in [-0.25, -0.2) is 4.79 Å². The lowest BCUT2D eigenvalue weighted by Crippen LogP contribution is -2.27. The van der Waals surface area contributed by atoms with E-state index in [4.69, 9.17) is 16.3 Å². The summed E-state index contributed by atoms with van der Waals surface area (Å²) in [6.07, 6.45) is 2.48. The van der Waals surface area contributed by atoms with Crippen LogP contribution in [0.1, 0.15) is 32.0 Å². The second-order valence-electron chi connectivity index (χ2n) is 6.94. The summed E-state index contributed by atoms with van der Waals surface area (Å²) in [7, 11) is 1.74. The van der Waals surface area contributed by atoms with E-state index in [2.05, 4.69) is 15.7 Å². The lowest BCUT2D eigenvalue weighted by Gasteiger charge is -2.19. The average Bonchev–Trinajstić information content (AvgIpc) is 2.78. The molecule has 2 aromatic rings. The van der Waals surface area contributed by atoms with Crippen LogP contribution in [-0.2, 0) is 16.6 Å². The number of aromatic nitrogens is 2. The normalized spacial score (nSPS) is 11.5. The summed E-state index contributed by atoms with van der Waals surface area (Å²) in [5.74, 6) is -0.304. The average molecular weight is 391 g/mol. The third-order valence-electron chi connectivity index (χ3n) is 3.40. The number of anilines is 2. The Kier molecular flexibility index (Phi) is 6.28. The van der Waals surface area contributed by atoms with Gasteiger partial charge in [-0.05, 0) is 58.0 Å². The second-order valence-corrected chi connectivity index (χ2v) is 7.30. The SMILES string of the molecule is Cc1nn(C)c(Cl)c1C=CC(=O)Nc1ccc(NC(=O)OC(C)(C)C)cc1. The Labute approximate surface area is 163 Å². The minimum absolute atomic E-state index is 0.304. The number of carbonyl (C=O) groups is 2. The number of rotatable bonds is 4. The van der Waals surface area contributed by atoms with Crippen molar-refractivity contribution in [2.45, 2.75) is 33.3 Å². The Balaban J connectivity index is 1.95. The lowest BCUT2D eigenvalue weighted by molar-refractivity contribution is -0.111. The number of nitrogens with one attached hydrogen (secondary N) is 2. The Morgan fingerprint density at radius 3 is 2.19 bits per heavy atom. The van der Waals surface area contributed by atoms with Crippen molar-refractivity contribution >= 4 is 41.1 Å². The summed E-state index contributed by atoms with van der Waals surface area (Å²) in [4.78, 5) is 23.8. The molecule has 1 aromatic carbocycles. The van der Waals surface area contributed by atoms with Gasteiger partial charge in [0, 0.05) is 30.1 Å². The quantitative estimate of drug-likeness (QED) is 0.758. The number of benzene rings is 1. The second kappa shape index (κ2) is 8.26. The molecule has 7 nitrogen and oxygen atoms in total. The first-order valence-corrected chi connectivity index (χ1v) is 8.71. The molecule has 0 atom stereocenters. The first kappa shape index (κ1) is 20.5. The zero-order valence-electron chi connectivity index (χ0n) is 16.0. The first-order valence-electron chi connectivity index (χ1n) is 8.33. The molecule has 144 valence electrons. The van der Waals surface area contributed by atoms with Crippen LogP contribution in [0.25, 0.3) is 6.08 Å². The smallest absolute Gasteiger partial charge is 0.412 e. The molecule has 0 fully saturated rings. The van der Waals surface area contributed by atoms with E-state index >= 15 is 0 Å². The highest BCUT2D eigenvalue weighted by atomic mass is 35.5. The van der Waals surface area contributed by atoms with E-state index in [0.29, 0.717) is 22.1 Å². The molecular formula is C19H23ClN4O3. The van der Waals surface area contributed by atoms with Crippen LogP contribution in [0.5, 0.6) is 0 Å². The van der Waals surface area contributed by atoms with Crippen molar-refractivity contribution in [3.05, 3.63) is 46.8 Å². The van der Waals surface area contributed by atoms with Gasteiger partial charge in [0.25, 0.3) is 0 Å². The van der Waals surface area contributed by atoms with Crippen molar-refractivity contribution in [3.63, 3.8) is 0 Å². The molecule has 0 aliphatic heterocycles. The van der Waals surface area contributed by atoms with Gasteiger partial charge >= 0.3 is 6.09 Å². The van der Waals surface area contributed by atoms with E-state index in [1.807, 2.05) is 6.92 Å². The fourth-order valence-corrected chi connectivity index (χ4v) is 2.47. The van der Waals surface area contributed by atoms with Gasteiger partial charge in [-0.2, -0.15) is 5.10 Å². The molecule has 1 aromatic heterocycles. The molecule has 0 saturated heterocycles. The highest BCUT2D eigenvalue weighted by molar-refractivity contribution is 6.31. The number of halogens is 1. The minimum atomic E-state index is -0.570. The van der Waals surface area contributed by atoms with Crippen LogP contribution in [0.15, 0.2) is 30.3 Å². The Morgan fingerprint density at radius 2 is 1.70 bits per heavy atom. The molecule has 0 aliphatic carbocycles. The molecule has 0 radical (unpaired) electrons. The van der Waals surface area contributed by atoms with Crippen molar-refractivity contribution < 1.29 is 14.3 Å². The van der Waals surface area contributed by atoms with Crippen molar-refractivity contribution in [3.8, 4) is 0 Å². The fourth-order valence-electron chi connectivity index (χ4n) is 2.24. The zero-order valence-corrected chi connectivity index (χ0v) is 16.7. The summed E-state index contributed by atoms with van der Waals surface area (Å²) in [6.45, 7) is 7.19. The third kappa shape index (κ3) is 6.14. The topological polar surface area (TPSA) is 85.3 Å². The Morgan fingerprint density at radius 1 is 1.15 bits per heavy atom. The number of nitrogens with zero attached hydrogens (tertiary/aromatic N) is 2. The molecule has 8 heteroatoms. The van der Waals surface area contributed by atoms with Crippen LogP contribution in [0.2, 0.25) is 5.15 Å². The molecule has 0 aliphatic rings. The standard InChI is InChI=1S/C19H23ClN4O3/c1-12-15(17(20)24(5)23-12)10-11-16(25)21-13-6-8-14(9-7-13)22-18(26)27-19(2,3)4/h6-11H,1-5H3,(H,21,25)(H,22,26). The van der Waals surface area contributed by atoms with Gasteiger partial charge in [0.1, 0.15) is 10.8 Å². The van der Waals surface area contributed by atoms with Gasteiger partial charge in [0.05, 0.1) is 5.69 Å². The maximum absolute atomic E-state index is 12.1. The van der Waals surface area contributed by atoms with E-state index in [0.717, 1.165) is 5.69 Å². The predicted octanol–water partition coefficient (Wildman–Crippen LogP) is 4.38. The van der Waals surface area contributed by atoms with E-state index in [1.54, 1.807) is 62.8 Å². The van der Waals surface area contributed by atoms with E-state index in [-0.39, 0.29) is 5.91 Å². The van der Waals surface area contributed by atoms with Crippen molar-refractivity contribution in [2.75, 3.05) is 10.6 Å². The number of ether oxygens (including phenoxy) is 1. The minimum Gasteiger partial charge on any atom is -0.444 e. The highest BCUT2D eigenvalue weighted by Gasteiger charge is 2.16.